The van der Waals surface area contributed by atoms with Crippen LogP contribution in [0.5, 0.6) is 0 Å². The van der Waals surface area contributed by atoms with E-state index >= 15 is 0 Å². The van der Waals surface area contributed by atoms with E-state index in [-0.39, 0.29) is 22.9 Å². The van der Waals surface area contributed by atoms with Crippen LogP contribution in [0, 0.1) is 22.0 Å². The zero-order valence-corrected chi connectivity index (χ0v) is 6.84. The molecule has 4 atom stereocenters. The molecular weight excluding hydrogens is 158 g/mol. The lowest BCUT2D eigenvalue weighted by Gasteiger charge is -2.19. The van der Waals surface area contributed by atoms with Crippen LogP contribution in [0.15, 0.2) is 12.2 Å². The second kappa shape index (κ2) is 2.55. The van der Waals surface area contributed by atoms with Crippen LogP contribution in [-0.4, -0.2) is 24.2 Å². The Morgan fingerprint density at radius 1 is 1.50 bits per heavy atom. The van der Waals surface area contributed by atoms with Gasteiger partial charge in [0.05, 0.1) is 0 Å². The van der Waals surface area contributed by atoms with Crippen molar-refractivity contribution in [2.45, 2.75) is 18.6 Å². The molecule has 4 heteroatoms. The van der Waals surface area contributed by atoms with Crippen LogP contribution in [0.25, 0.3) is 0 Å². The maximum Gasteiger partial charge on any atom is 0.245 e. The molecule has 0 aliphatic heterocycles. The second-order valence-corrected chi connectivity index (χ2v) is 3.42. The van der Waals surface area contributed by atoms with Crippen molar-refractivity contribution in [3.8, 4) is 0 Å². The first-order valence-corrected chi connectivity index (χ1v) is 4.08. The van der Waals surface area contributed by atoms with Gasteiger partial charge in [-0.3, -0.25) is 10.1 Å². The Kier molecular flexibility index (Phi) is 1.65. The molecule has 0 N–H and O–H groups in total. The summed E-state index contributed by atoms with van der Waals surface area (Å²) in [6.45, 7) is 0. The van der Waals surface area contributed by atoms with E-state index in [0.29, 0.717) is 0 Å². The number of hydrogen-bond donors (Lipinski definition) is 0. The summed E-state index contributed by atoms with van der Waals surface area (Å²) in [4.78, 5) is 10.4. The summed E-state index contributed by atoms with van der Waals surface area (Å²) in [5.74, 6) is 0.380. The molecule has 2 bridgehead atoms. The highest BCUT2D eigenvalue weighted by Gasteiger charge is 2.52. The van der Waals surface area contributed by atoms with E-state index in [1.807, 2.05) is 12.2 Å². The minimum absolute atomic E-state index is 0.106. The van der Waals surface area contributed by atoms with Crippen LogP contribution in [-0.2, 0) is 4.74 Å². The normalized spacial score (nSPS) is 43.8. The van der Waals surface area contributed by atoms with E-state index in [2.05, 4.69) is 0 Å². The van der Waals surface area contributed by atoms with Crippen LogP contribution < -0.4 is 0 Å². The smallest absolute Gasteiger partial charge is 0.245 e. The second-order valence-electron chi connectivity index (χ2n) is 3.42. The summed E-state index contributed by atoms with van der Waals surface area (Å²) < 4.78 is 5.13. The molecule has 0 spiro atoms. The molecule has 0 amide bonds. The molecule has 12 heavy (non-hydrogen) atoms. The largest absolute Gasteiger partial charge is 0.374 e. The molecule has 0 saturated heterocycles. The zero-order chi connectivity index (χ0) is 8.72. The van der Waals surface area contributed by atoms with Gasteiger partial charge in [0.25, 0.3) is 0 Å². The lowest BCUT2D eigenvalue weighted by Crippen LogP contribution is -2.38. The van der Waals surface area contributed by atoms with Crippen molar-refractivity contribution in [3.63, 3.8) is 0 Å². The highest BCUT2D eigenvalue weighted by molar-refractivity contribution is 5.15. The average Bonchev–Trinajstić information content (AvgIpc) is 2.60. The highest BCUT2D eigenvalue weighted by atomic mass is 16.6. The number of hydrogen-bond acceptors (Lipinski definition) is 3. The van der Waals surface area contributed by atoms with Crippen LogP contribution in [0.3, 0.4) is 0 Å². The maximum absolute atomic E-state index is 10.7. The number of nitrogens with zero attached hydrogens (tertiary/aromatic N) is 1. The summed E-state index contributed by atoms with van der Waals surface area (Å²) in [5, 5.41) is 10.7. The van der Waals surface area contributed by atoms with E-state index in [1.54, 1.807) is 7.11 Å². The number of rotatable bonds is 2. The molecule has 4 nitrogen and oxygen atoms in total. The molecule has 2 aliphatic carbocycles. The first kappa shape index (κ1) is 7.73. The van der Waals surface area contributed by atoms with Crippen molar-refractivity contribution in [2.75, 3.05) is 7.11 Å². The SMILES string of the molecule is COC1C2C=CC(C2)C1[N+](=O)[O-]. The fourth-order valence-corrected chi connectivity index (χ4v) is 2.34. The number of nitro groups is 1. The van der Waals surface area contributed by atoms with Gasteiger partial charge in [0, 0.05) is 23.9 Å². The Morgan fingerprint density at radius 3 is 2.67 bits per heavy atom. The van der Waals surface area contributed by atoms with Crippen LogP contribution in [0.1, 0.15) is 6.42 Å². The van der Waals surface area contributed by atoms with Crippen LogP contribution in [0.4, 0.5) is 0 Å². The summed E-state index contributed by atoms with van der Waals surface area (Å²) >= 11 is 0. The van der Waals surface area contributed by atoms with Crippen molar-refractivity contribution >= 4 is 0 Å². The third-order valence-electron chi connectivity index (χ3n) is 2.86. The number of fused-ring (bicyclic) bond motifs is 2. The standard InChI is InChI=1S/C8H11NO3/c1-12-8-6-3-2-5(4-6)7(8)9(10)11/h2-3,5-8H,4H2,1H3. The van der Waals surface area contributed by atoms with Gasteiger partial charge in [0.2, 0.25) is 6.04 Å². The van der Waals surface area contributed by atoms with Gasteiger partial charge in [0.15, 0.2) is 0 Å². The first-order chi connectivity index (χ1) is 5.74. The van der Waals surface area contributed by atoms with E-state index in [1.165, 1.54) is 0 Å². The Hall–Kier alpha value is -0.900. The quantitative estimate of drug-likeness (QED) is 0.350. The van der Waals surface area contributed by atoms with E-state index in [9.17, 15) is 10.1 Å². The predicted octanol–water partition coefficient (Wildman–Crippen LogP) is 0.853. The van der Waals surface area contributed by atoms with Gasteiger partial charge in [-0.15, -0.1) is 0 Å². The first-order valence-electron chi connectivity index (χ1n) is 4.08. The van der Waals surface area contributed by atoms with Gasteiger partial charge in [-0.1, -0.05) is 12.2 Å². The highest BCUT2D eigenvalue weighted by Crippen LogP contribution is 2.41. The van der Waals surface area contributed by atoms with Gasteiger partial charge in [0.1, 0.15) is 6.10 Å². The zero-order valence-electron chi connectivity index (χ0n) is 6.84. The van der Waals surface area contributed by atoms with Crippen molar-refractivity contribution in [3.05, 3.63) is 22.3 Å². The Balaban J connectivity index is 2.23. The van der Waals surface area contributed by atoms with Gasteiger partial charge < -0.3 is 4.74 Å². The van der Waals surface area contributed by atoms with E-state index in [4.69, 9.17) is 4.74 Å². The minimum Gasteiger partial charge on any atom is -0.374 e. The molecule has 0 aromatic carbocycles. The van der Waals surface area contributed by atoms with Gasteiger partial charge in [-0.25, -0.2) is 0 Å². The third kappa shape index (κ3) is 0.876. The summed E-state index contributed by atoms with van der Waals surface area (Å²) in [5.41, 5.74) is 0. The van der Waals surface area contributed by atoms with Crippen LogP contribution >= 0.6 is 0 Å². The molecule has 1 fully saturated rings. The van der Waals surface area contributed by atoms with Crippen molar-refractivity contribution in [1.82, 2.24) is 0 Å². The fraction of sp³-hybridized carbons (Fsp3) is 0.750. The molecule has 0 radical (unpaired) electrons. The van der Waals surface area contributed by atoms with E-state index < -0.39 is 6.04 Å². The summed E-state index contributed by atoms with van der Waals surface area (Å²) in [6.07, 6.45) is 4.69. The van der Waals surface area contributed by atoms with Gasteiger partial charge in [-0.05, 0) is 6.42 Å². The molecule has 2 aliphatic rings. The lowest BCUT2D eigenvalue weighted by atomic mass is 9.99. The minimum atomic E-state index is -0.509. The molecule has 0 heterocycles. The van der Waals surface area contributed by atoms with Gasteiger partial charge >= 0.3 is 0 Å². The van der Waals surface area contributed by atoms with Crippen LogP contribution in [0.2, 0.25) is 0 Å². The number of methoxy groups -OCH3 is 1. The summed E-state index contributed by atoms with van der Waals surface area (Å²) in [7, 11) is 1.55. The summed E-state index contributed by atoms with van der Waals surface area (Å²) in [6, 6.07) is -0.509. The Bertz CT molecular complexity index is 238. The third-order valence-corrected chi connectivity index (χ3v) is 2.86. The molecule has 0 aromatic rings. The molecule has 66 valence electrons. The van der Waals surface area contributed by atoms with Gasteiger partial charge in [-0.2, -0.15) is 0 Å². The molecular formula is C8H11NO3. The van der Waals surface area contributed by atoms with Crippen molar-refractivity contribution in [1.29, 1.82) is 0 Å². The molecule has 1 saturated carbocycles. The molecule has 2 rings (SSSR count). The molecule has 4 unspecified atom stereocenters. The average molecular weight is 169 g/mol. The molecule has 0 aromatic heterocycles. The fourth-order valence-electron chi connectivity index (χ4n) is 2.34. The van der Waals surface area contributed by atoms with Crippen molar-refractivity contribution < 1.29 is 9.66 Å². The van der Waals surface area contributed by atoms with E-state index in [0.717, 1.165) is 6.42 Å². The topological polar surface area (TPSA) is 52.4 Å². The predicted molar refractivity (Wildman–Crippen MR) is 42.3 cm³/mol. The number of ether oxygens (including phenoxy) is 1. The maximum atomic E-state index is 10.7. The Morgan fingerprint density at radius 2 is 2.17 bits per heavy atom. The lowest BCUT2D eigenvalue weighted by molar-refractivity contribution is -0.538. The van der Waals surface area contributed by atoms with Crippen molar-refractivity contribution in [2.24, 2.45) is 11.8 Å². The Labute approximate surface area is 70.4 Å². The monoisotopic (exact) mass is 169 g/mol.